The zero-order valence-electron chi connectivity index (χ0n) is 19.9. The minimum absolute atomic E-state index is 0.0211. The lowest BCUT2D eigenvalue weighted by molar-refractivity contribution is -0.139. The summed E-state index contributed by atoms with van der Waals surface area (Å²) < 4.78 is 40.7. The number of hydrogen-bond acceptors (Lipinski definition) is 4. The maximum Gasteiger partial charge on any atom is 0.244 e. The van der Waals surface area contributed by atoms with E-state index in [2.05, 4.69) is 21.2 Å². The summed E-state index contributed by atoms with van der Waals surface area (Å²) in [5.41, 5.74) is 1.60. The summed E-state index contributed by atoms with van der Waals surface area (Å²) in [7, 11) is -2.46. The molecule has 3 aromatic carbocycles. The van der Waals surface area contributed by atoms with Gasteiger partial charge in [-0.15, -0.1) is 0 Å². The molecule has 36 heavy (non-hydrogen) atoms. The van der Waals surface area contributed by atoms with Crippen molar-refractivity contribution in [3.05, 3.63) is 100 Å². The van der Waals surface area contributed by atoms with E-state index in [4.69, 9.17) is 0 Å². The summed E-state index contributed by atoms with van der Waals surface area (Å²) in [6.45, 7) is -0.539. The van der Waals surface area contributed by atoms with Gasteiger partial charge >= 0.3 is 0 Å². The van der Waals surface area contributed by atoms with Gasteiger partial charge in [0.15, 0.2) is 0 Å². The highest BCUT2D eigenvalue weighted by molar-refractivity contribution is 9.10. The standard InChI is InChI=1S/C26H27BrFN3O4S/c1-29-26(33)24(15-19-8-4-3-5-9-19)30(17-20-10-6-11-21(27)14-20)25(32)18-31(36(2,34)35)23-13-7-12-22(28)16-23/h3-14,16,24H,15,17-18H2,1-2H3,(H,29,33)/t24-/m1/s1. The molecule has 0 spiro atoms. The molecule has 7 nitrogen and oxygen atoms in total. The highest BCUT2D eigenvalue weighted by Crippen LogP contribution is 2.22. The second-order valence-corrected chi connectivity index (χ2v) is 11.0. The molecule has 0 aromatic heterocycles. The Bertz CT molecular complexity index is 1320. The molecule has 1 N–H and O–H groups in total. The van der Waals surface area contributed by atoms with Crippen molar-refractivity contribution >= 4 is 43.5 Å². The maximum atomic E-state index is 13.9. The lowest BCUT2D eigenvalue weighted by Gasteiger charge is -2.33. The molecule has 0 fully saturated rings. The Labute approximate surface area is 219 Å². The Morgan fingerprint density at radius 2 is 1.64 bits per heavy atom. The number of likely N-dealkylation sites (N-methyl/N-ethyl adjacent to an activating group) is 1. The summed E-state index contributed by atoms with van der Waals surface area (Å²) in [6, 6.07) is 20.6. The number of carbonyl (C=O) groups excluding carboxylic acids is 2. The third-order valence-electron chi connectivity index (χ3n) is 5.53. The number of hydrogen-bond donors (Lipinski definition) is 1. The summed E-state index contributed by atoms with van der Waals surface area (Å²) in [4.78, 5) is 28.1. The third kappa shape index (κ3) is 7.38. The molecule has 0 unspecified atom stereocenters. The average Bonchev–Trinajstić information content (AvgIpc) is 2.84. The Hall–Kier alpha value is -3.24. The van der Waals surface area contributed by atoms with E-state index >= 15 is 0 Å². The number of anilines is 1. The quantitative estimate of drug-likeness (QED) is 0.399. The maximum absolute atomic E-state index is 13.9. The van der Waals surface area contributed by atoms with Crippen LogP contribution < -0.4 is 9.62 Å². The van der Waals surface area contributed by atoms with Crippen LogP contribution in [0.15, 0.2) is 83.3 Å². The molecule has 3 aromatic rings. The minimum Gasteiger partial charge on any atom is -0.357 e. The van der Waals surface area contributed by atoms with Crippen LogP contribution in [0.25, 0.3) is 0 Å². The van der Waals surface area contributed by atoms with Crippen LogP contribution in [-0.4, -0.2) is 51.0 Å². The molecule has 0 aliphatic rings. The van der Waals surface area contributed by atoms with Crippen molar-refractivity contribution in [3.8, 4) is 0 Å². The van der Waals surface area contributed by atoms with E-state index in [1.165, 1.54) is 30.1 Å². The minimum atomic E-state index is -3.94. The van der Waals surface area contributed by atoms with Gasteiger partial charge in [-0.2, -0.15) is 0 Å². The van der Waals surface area contributed by atoms with E-state index in [1.807, 2.05) is 54.6 Å². The van der Waals surface area contributed by atoms with Gasteiger partial charge in [0, 0.05) is 24.5 Å². The Morgan fingerprint density at radius 1 is 0.972 bits per heavy atom. The van der Waals surface area contributed by atoms with Gasteiger partial charge in [-0.3, -0.25) is 13.9 Å². The van der Waals surface area contributed by atoms with Gasteiger partial charge in [0.1, 0.15) is 18.4 Å². The number of rotatable bonds is 10. The molecule has 0 aliphatic carbocycles. The number of halogens is 2. The molecular weight excluding hydrogens is 549 g/mol. The lowest BCUT2D eigenvalue weighted by atomic mass is 10.0. The van der Waals surface area contributed by atoms with E-state index < -0.39 is 34.3 Å². The summed E-state index contributed by atoms with van der Waals surface area (Å²) in [5.74, 6) is -1.63. The summed E-state index contributed by atoms with van der Waals surface area (Å²) >= 11 is 3.42. The van der Waals surface area contributed by atoms with Crippen LogP contribution in [0.3, 0.4) is 0 Å². The van der Waals surface area contributed by atoms with Crippen molar-refractivity contribution in [2.24, 2.45) is 0 Å². The molecule has 0 radical (unpaired) electrons. The first-order valence-electron chi connectivity index (χ1n) is 11.1. The number of sulfonamides is 1. The second-order valence-electron chi connectivity index (χ2n) is 8.22. The Kier molecular flexibility index (Phi) is 9.22. The van der Waals surface area contributed by atoms with Crippen LogP contribution in [0.1, 0.15) is 11.1 Å². The SMILES string of the molecule is CNC(=O)[C@@H](Cc1ccccc1)N(Cc1cccc(Br)c1)C(=O)CN(c1cccc(F)c1)S(C)(=O)=O. The van der Waals surface area contributed by atoms with E-state index in [0.29, 0.717) is 0 Å². The average molecular weight is 576 g/mol. The number of nitrogens with zero attached hydrogens (tertiary/aromatic N) is 2. The largest absolute Gasteiger partial charge is 0.357 e. The second kappa shape index (κ2) is 12.1. The van der Waals surface area contributed by atoms with Crippen molar-refractivity contribution in [1.82, 2.24) is 10.2 Å². The van der Waals surface area contributed by atoms with Crippen molar-refractivity contribution in [1.29, 1.82) is 0 Å². The van der Waals surface area contributed by atoms with E-state index in [0.717, 1.165) is 32.2 Å². The van der Waals surface area contributed by atoms with Crippen LogP contribution in [-0.2, 0) is 32.6 Å². The molecule has 2 amide bonds. The van der Waals surface area contributed by atoms with E-state index in [1.54, 1.807) is 0 Å². The molecule has 0 heterocycles. The Balaban J connectivity index is 2.03. The third-order valence-corrected chi connectivity index (χ3v) is 7.17. The summed E-state index contributed by atoms with van der Waals surface area (Å²) in [6.07, 6.45) is 1.17. The van der Waals surface area contributed by atoms with Gasteiger partial charge in [0.05, 0.1) is 11.9 Å². The zero-order valence-corrected chi connectivity index (χ0v) is 22.3. The first kappa shape index (κ1) is 27.3. The van der Waals surface area contributed by atoms with E-state index in [-0.39, 0.29) is 24.6 Å². The van der Waals surface area contributed by atoms with Gasteiger partial charge in [-0.05, 0) is 41.5 Å². The molecule has 10 heteroatoms. The van der Waals surface area contributed by atoms with Gasteiger partial charge in [0.25, 0.3) is 0 Å². The molecular formula is C26H27BrFN3O4S. The fourth-order valence-electron chi connectivity index (χ4n) is 3.80. The molecule has 0 saturated heterocycles. The zero-order chi connectivity index (χ0) is 26.3. The fourth-order valence-corrected chi connectivity index (χ4v) is 5.09. The first-order chi connectivity index (χ1) is 17.1. The topological polar surface area (TPSA) is 86.8 Å². The highest BCUT2D eigenvalue weighted by Gasteiger charge is 2.32. The van der Waals surface area contributed by atoms with Crippen molar-refractivity contribution in [3.63, 3.8) is 0 Å². The van der Waals surface area contributed by atoms with Crippen LogP contribution in [0.5, 0.6) is 0 Å². The van der Waals surface area contributed by atoms with Gasteiger partial charge in [-0.1, -0.05) is 64.5 Å². The molecule has 190 valence electrons. The van der Waals surface area contributed by atoms with Crippen molar-refractivity contribution in [2.75, 3.05) is 24.2 Å². The van der Waals surface area contributed by atoms with Gasteiger partial charge in [0.2, 0.25) is 21.8 Å². The Morgan fingerprint density at radius 3 is 2.25 bits per heavy atom. The first-order valence-corrected chi connectivity index (χ1v) is 13.8. The predicted octanol–water partition coefficient (Wildman–Crippen LogP) is 3.74. The number of amides is 2. The normalized spacial score (nSPS) is 12.0. The fraction of sp³-hybridized carbons (Fsp3) is 0.231. The number of nitrogens with one attached hydrogen (secondary N) is 1. The predicted molar refractivity (Wildman–Crippen MR) is 141 cm³/mol. The lowest BCUT2D eigenvalue weighted by Crippen LogP contribution is -2.52. The molecule has 1 atom stereocenters. The number of carbonyl (C=O) groups is 2. The molecule has 0 saturated carbocycles. The van der Waals surface area contributed by atoms with Crippen molar-refractivity contribution in [2.45, 2.75) is 19.0 Å². The van der Waals surface area contributed by atoms with Crippen LogP contribution in [0.2, 0.25) is 0 Å². The van der Waals surface area contributed by atoms with Crippen LogP contribution in [0, 0.1) is 5.82 Å². The number of benzene rings is 3. The van der Waals surface area contributed by atoms with Crippen molar-refractivity contribution < 1.29 is 22.4 Å². The monoisotopic (exact) mass is 575 g/mol. The molecule has 3 rings (SSSR count). The van der Waals surface area contributed by atoms with Crippen LogP contribution in [0.4, 0.5) is 10.1 Å². The molecule has 0 bridgehead atoms. The van der Waals surface area contributed by atoms with Crippen LogP contribution >= 0.6 is 15.9 Å². The van der Waals surface area contributed by atoms with Gasteiger partial charge < -0.3 is 10.2 Å². The molecule has 0 aliphatic heterocycles. The smallest absolute Gasteiger partial charge is 0.244 e. The van der Waals surface area contributed by atoms with Gasteiger partial charge in [-0.25, -0.2) is 12.8 Å². The summed E-state index contributed by atoms with van der Waals surface area (Å²) in [5, 5.41) is 2.62. The van der Waals surface area contributed by atoms with E-state index in [9.17, 15) is 22.4 Å². The highest BCUT2D eigenvalue weighted by atomic mass is 79.9.